The number of hydrogen-bond acceptors (Lipinski definition) is 6. The van der Waals surface area contributed by atoms with Crippen LogP contribution in [0, 0.1) is 10.1 Å². The van der Waals surface area contributed by atoms with E-state index in [4.69, 9.17) is 4.74 Å². The second kappa shape index (κ2) is 8.94. The number of carbonyl (C=O) groups excluding carboxylic acids is 2. The smallest absolute Gasteiger partial charge is 0.415 e. The molecular weight excluding hydrogens is 388 g/mol. The Balaban J connectivity index is 2.63. The highest BCUT2D eigenvalue weighted by Crippen LogP contribution is 2.35. The van der Waals surface area contributed by atoms with Crippen molar-refractivity contribution in [2.75, 3.05) is 12.0 Å². The minimum atomic E-state index is -0.793. The molecule has 1 amide bonds. The molecule has 0 spiro atoms. The topological polar surface area (TPSA) is 99.0 Å². The molecule has 0 heterocycles. The highest BCUT2D eigenvalue weighted by atomic mass is 16.6. The van der Waals surface area contributed by atoms with Gasteiger partial charge in [0.1, 0.15) is 11.2 Å². The number of nitrogens with zero attached hydrogens (tertiary/aromatic N) is 2. The molecule has 30 heavy (non-hydrogen) atoms. The van der Waals surface area contributed by atoms with E-state index in [1.807, 2.05) is 13.8 Å². The first-order valence-electron chi connectivity index (χ1n) is 9.44. The average Bonchev–Trinajstić information content (AvgIpc) is 2.65. The van der Waals surface area contributed by atoms with Gasteiger partial charge in [0.25, 0.3) is 5.69 Å². The van der Waals surface area contributed by atoms with Gasteiger partial charge in [0.05, 0.1) is 17.7 Å². The molecule has 0 atom stereocenters. The van der Waals surface area contributed by atoms with Crippen molar-refractivity contribution in [3.63, 3.8) is 0 Å². The Bertz CT molecular complexity index is 962. The number of nitro groups is 1. The lowest BCUT2D eigenvalue weighted by atomic mass is 9.99. The SMILES string of the molecule is COC(=O)c1ccc(-c2ccccc2N(C(=O)OC(C)(C)C)C(C)C)cc1[N+](=O)[O-]. The summed E-state index contributed by atoms with van der Waals surface area (Å²) in [4.78, 5) is 37.2. The summed E-state index contributed by atoms with van der Waals surface area (Å²) in [6.45, 7) is 9.05. The van der Waals surface area contributed by atoms with Gasteiger partial charge < -0.3 is 9.47 Å². The van der Waals surface area contributed by atoms with Gasteiger partial charge in [-0.25, -0.2) is 9.59 Å². The van der Waals surface area contributed by atoms with E-state index in [2.05, 4.69) is 4.74 Å². The number of amides is 1. The molecule has 0 aliphatic carbocycles. The predicted octanol–water partition coefficient (Wildman–Crippen LogP) is 5.20. The van der Waals surface area contributed by atoms with Crippen LogP contribution in [0.15, 0.2) is 42.5 Å². The van der Waals surface area contributed by atoms with Gasteiger partial charge >= 0.3 is 12.1 Å². The fourth-order valence-electron chi connectivity index (χ4n) is 2.96. The first kappa shape index (κ1) is 22.9. The van der Waals surface area contributed by atoms with Crippen LogP contribution in [-0.2, 0) is 9.47 Å². The molecule has 0 radical (unpaired) electrons. The number of esters is 1. The van der Waals surface area contributed by atoms with E-state index < -0.39 is 22.6 Å². The van der Waals surface area contributed by atoms with Crippen molar-refractivity contribution in [3.8, 4) is 11.1 Å². The van der Waals surface area contributed by atoms with Gasteiger partial charge in [-0.3, -0.25) is 15.0 Å². The third-order valence-electron chi connectivity index (χ3n) is 4.18. The van der Waals surface area contributed by atoms with Crippen LogP contribution in [-0.4, -0.2) is 35.7 Å². The predicted molar refractivity (Wildman–Crippen MR) is 114 cm³/mol. The maximum absolute atomic E-state index is 12.9. The summed E-state index contributed by atoms with van der Waals surface area (Å²) in [5.74, 6) is -0.793. The van der Waals surface area contributed by atoms with Gasteiger partial charge in [-0.1, -0.05) is 24.3 Å². The van der Waals surface area contributed by atoms with E-state index in [9.17, 15) is 19.7 Å². The van der Waals surface area contributed by atoms with E-state index >= 15 is 0 Å². The first-order chi connectivity index (χ1) is 14.0. The lowest BCUT2D eigenvalue weighted by Crippen LogP contribution is -2.41. The van der Waals surface area contributed by atoms with E-state index in [0.29, 0.717) is 16.8 Å². The summed E-state index contributed by atoms with van der Waals surface area (Å²) in [5, 5.41) is 11.5. The molecule has 0 unspecified atom stereocenters. The van der Waals surface area contributed by atoms with E-state index in [1.54, 1.807) is 51.1 Å². The Hall–Kier alpha value is -3.42. The third kappa shape index (κ3) is 5.14. The van der Waals surface area contributed by atoms with E-state index in [-0.39, 0.29) is 17.3 Å². The monoisotopic (exact) mass is 414 g/mol. The Morgan fingerprint density at radius 2 is 1.73 bits per heavy atom. The number of methoxy groups -OCH3 is 1. The first-order valence-corrected chi connectivity index (χ1v) is 9.44. The van der Waals surface area contributed by atoms with Gasteiger partial charge in [0.15, 0.2) is 0 Å². The summed E-state index contributed by atoms with van der Waals surface area (Å²) in [6, 6.07) is 11.1. The second-order valence-electron chi connectivity index (χ2n) is 7.94. The minimum Gasteiger partial charge on any atom is -0.465 e. The lowest BCUT2D eigenvalue weighted by Gasteiger charge is -2.31. The van der Waals surface area contributed by atoms with Crippen molar-refractivity contribution < 1.29 is 24.0 Å². The Morgan fingerprint density at radius 3 is 2.27 bits per heavy atom. The van der Waals surface area contributed by atoms with Crippen molar-refractivity contribution in [2.24, 2.45) is 0 Å². The fourth-order valence-corrected chi connectivity index (χ4v) is 2.96. The quantitative estimate of drug-likeness (QED) is 0.379. The van der Waals surface area contributed by atoms with Gasteiger partial charge in [-0.2, -0.15) is 0 Å². The van der Waals surface area contributed by atoms with E-state index in [0.717, 1.165) is 7.11 Å². The molecule has 0 aromatic heterocycles. The molecule has 2 rings (SSSR count). The third-order valence-corrected chi connectivity index (χ3v) is 4.18. The number of carbonyl (C=O) groups is 2. The molecule has 0 aliphatic rings. The van der Waals surface area contributed by atoms with Crippen molar-refractivity contribution in [1.29, 1.82) is 0 Å². The maximum atomic E-state index is 12.9. The molecule has 8 nitrogen and oxygen atoms in total. The molecule has 0 fully saturated rings. The molecule has 160 valence electrons. The number of anilines is 1. The molecule has 8 heteroatoms. The minimum absolute atomic E-state index is 0.142. The number of benzene rings is 2. The zero-order chi connectivity index (χ0) is 22.6. The number of ether oxygens (including phenoxy) is 2. The van der Waals surface area contributed by atoms with Crippen LogP contribution in [0.4, 0.5) is 16.2 Å². The zero-order valence-corrected chi connectivity index (χ0v) is 18.0. The van der Waals surface area contributed by atoms with Crippen LogP contribution in [0.3, 0.4) is 0 Å². The number of nitro benzene ring substituents is 1. The highest BCUT2D eigenvalue weighted by Gasteiger charge is 2.28. The summed E-state index contributed by atoms with van der Waals surface area (Å²) in [5.41, 5.74) is 0.428. The van der Waals surface area contributed by atoms with Crippen LogP contribution in [0.2, 0.25) is 0 Å². The van der Waals surface area contributed by atoms with Crippen LogP contribution >= 0.6 is 0 Å². The van der Waals surface area contributed by atoms with Gasteiger partial charge in [-0.15, -0.1) is 0 Å². The number of hydrogen-bond donors (Lipinski definition) is 0. The zero-order valence-electron chi connectivity index (χ0n) is 18.0. The molecule has 0 saturated heterocycles. The van der Waals surface area contributed by atoms with Crippen LogP contribution in [0.1, 0.15) is 45.0 Å². The summed E-state index contributed by atoms with van der Waals surface area (Å²) < 4.78 is 10.2. The molecule has 0 N–H and O–H groups in total. The van der Waals surface area contributed by atoms with Gasteiger partial charge in [0, 0.05) is 17.7 Å². The van der Waals surface area contributed by atoms with E-state index in [1.165, 1.54) is 17.0 Å². The highest BCUT2D eigenvalue weighted by molar-refractivity contribution is 5.97. The Kier molecular flexibility index (Phi) is 6.81. The normalized spacial score (nSPS) is 11.2. The molecule has 0 bridgehead atoms. The largest absolute Gasteiger partial charge is 0.465 e. The molecular formula is C22H26N2O6. The van der Waals surface area contributed by atoms with Gasteiger partial charge in [-0.05, 0) is 52.3 Å². The summed E-state index contributed by atoms with van der Waals surface area (Å²) >= 11 is 0. The molecule has 2 aromatic carbocycles. The Labute approximate surface area is 175 Å². The molecule has 0 saturated carbocycles. The molecule has 0 aliphatic heterocycles. The number of para-hydroxylation sites is 1. The standard InChI is InChI=1S/C22H26N2O6/c1-14(2)23(21(26)30-22(3,4)5)18-10-8-7-9-16(18)15-11-12-17(20(25)29-6)19(13-15)24(27)28/h7-14H,1-6H3. The number of rotatable bonds is 5. The van der Waals surface area contributed by atoms with Crippen molar-refractivity contribution in [2.45, 2.75) is 46.3 Å². The Morgan fingerprint density at radius 1 is 1.10 bits per heavy atom. The fraction of sp³-hybridized carbons (Fsp3) is 0.364. The van der Waals surface area contributed by atoms with Crippen LogP contribution in [0.5, 0.6) is 0 Å². The van der Waals surface area contributed by atoms with Crippen molar-refractivity contribution in [3.05, 3.63) is 58.1 Å². The maximum Gasteiger partial charge on any atom is 0.415 e. The van der Waals surface area contributed by atoms with Crippen molar-refractivity contribution >= 4 is 23.4 Å². The summed E-state index contributed by atoms with van der Waals surface area (Å²) in [6.07, 6.45) is -0.523. The van der Waals surface area contributed by atoms with Gasteiger partial charge in [0.2, 0.25) is 0 Å². The molecule has 2 aromatic rings. The van der Waals surface area contributed by atoms with Crippen LogP contribution < -0.4 is 4.90 Å². The van der Waals surface area contributed by atoms with Crippen LogP contribution in [0.25, 0.3) is 11.1 Å². The lowest BCUT2D eigenvalue weighted by molar-refractivity contribution is -0.385. The summed E-state index contributed by atoms with van der Waals surface area (Å²) in [7, 11) is 1.16. The second-order valence-corrected chi connectivity index (χ2v) is 7.94. The van der Waals surface area contributed by atoms with Crippen molar-refractivity contribution in [1.82, 2.24) is 0 Å². The average molecular weight is 414 g/mol.